The highest BCUT2D eigenvalue weighted by Crippen LogP contribution is 2.18. The number of primary sulfonamides is 1. The van der Waals surface area contributed by atoms with E-state index in [1.807, 2.05) is 0 Å². The van der Waals surface area contributed by atoms with Crippen molar-refractivity contribution in [3.63, 3.8) is 0 Å². The normalized spacial score (nSPS) is 16.0. The molecule has 98 valence electrons. The summed E-state index contributed by atoms with van der Waals surface area (Å²) in [6.07, 6.45) is 2.00. The van der Waals surface area contributed by atoms with Gasteiger partial charge in [0, 0.05) is 18.7 Å². The van der Waals surface area contributed by atoms with E-state index >= 15 is 0 Å². The van der Waals surface area contributed by atoms with Crippen molar-refractivity contribution in [1.29, 1.82) is 0 Å². The zero-order valence-corrected chi connectivity index (χ0v) is 11.0. The topological polar surface area (TPSA) is 80.5 Å². The predicted molar refractivity (Wildman–Crippen MR) is 67.7 cm³/mol. The van der Waals surface area contributed by atoms with Crippen LogP contribution in [0.1, 0.15) is 28.8 Å². The van der Waals surface area contributed by atoms with Crippen LogP contribution < -0.4 is 5.14 Å². The molecule has 2 N–H and O–H groups in total. The molecule has 0 unspecified atom stereocenters. The lowest BCUT2D eigenvalue weighted by Gasteiger charge is -2.16. The number of nitrogens with two attached hydrogens (primary N) is 1. The predicted octanol–water partition coefficient (Wildman–Crippen LogP) is 0.878. The van der Waals surface area contributed by atoms with Crippen molar-refractivity contribution < 1.29 is 13.2 Å². The number of hydrogen-bond donors (Lipinski definition) is 1. The minimum absolute atomic E-state index is 0.0209. The Balaban J connectivity index is 2.38. The molecule has 0 bridgehead atoms. The summed E-state index contributed by atoms with van der Waals surface area (Å²) in [6.45, 7) is 3.12. The Kier molecular flexibility index (Phi) is 3.41. The Morgan fingerprint density at radius 2 is 1.89 bits per heavy atom. The lowest BCUT2D eigenvalue weighted by molar-refractivity contribution is 0.0792. The van der Waals surface area contributed by atoms with Gasteiger partial charge < -0.3 is 4.90 Å². The molecule has 1 saturated heterocycles. The molecule has 0 saturated carbocycles. The molecule has 0 spiro atoms. The highest BCUT2D eigenvalue weighted by molar-refractivity contribution is 7.89. The van der Waals surface area contributed by atoms with Gasteiger partial charge in [0.05, 0.1) is 4.90 Å². The number of hydrogen-bond acceptors (Lipinski definition) is 3. The van der Waals surface area contributed by atoms with Crippen LogP contribution in [0.2, 0.25) is 0 Å². The van der Waals surface area contributed by atoms with Gasteiger partial charge in [0.1, 0.15) is 0 Å². The number of sulfonamides is 1. The van der Waals surface area contributed by atoms with E-state index in [-0.39, 0.29) is 10.8 Å². The fourth-order valence-electron chi connectivity index (χ4n) is 2.14. The van der Waals surface area contributed by atoms with E-state index in [4.69, 9.17) is 5.14 Å². The number of carbonyl (C=O) groups excluding carboxylic acids is 1. The first-order valence-corrected chi connectivity index (χ1v) is 7.37. The maximum absolute atomic E-state index is 12.1. The third-order valence-electron chi connectivity index (χ3n) is 3.13. The minimum Gasteiger partial charge on any atom is -0.339 e. The Morgan fingerprint density at radius 1 is 1.28 bits per heavy atom. The molecular weight excluding hydrogens is 252 g/mol. The van der Waals surface area contributed by atoms with Crippen molar-refractivity contribution in [1.82, 2.24) is 4.90 Å². The van der Waals surface area contributed by atoms with Crippen molar-refractivity contribution >= 4 is 15.9 Å². The molecular formula is C12H16N2O3S. The molecule has 1 fully saturated rings. The van der Waals surface area contributed by atoms with Crippen LogP contribution >= 0.6 is 0 Å². The first kappa shape index (κ1) is 13.0. The van der Waals surface area contributed by atoms with Gasteiger partial charge >= 0.3 is 0 Å². The summed E-state index contributed by atoms with van der Waals surface area (Å²) in [5.74, 6) is -0.127. The smallest absolute Gasteiger partial charge is 0.253 e. The standard InChI is InChI=1S/C12H16N2O3S/c1-9-4-5-10(8-11(9)18(13,16)17)12(15)14-6-2-3-7-14/h4-5,8H,2-3,6-7H2,1H3,(H2,13,16,17). The van der Waals surface area contributed by atoms with E-state index in [0.717, 1.165) is 25.9 Å². The highest BCUT2D eigenvalue weighted by Gasteiger charge is 2.21. The summed E-state index contributed by atoms with van der Waals surface area (Å²) >= 11 is 0. The summed E-state index contributed by atoms with van der Waals surface area (Å²) in [5.41, 5.74) is 0.932. The summed E-state index contributed by atoms with van der Waals surface area (Å²) in [6, 6.07) is 4.62. The van der Waals surface area contributed by atoms with E-state index in [1.54, 1.807) is 24.0 Å². The second-order valence-corrected chi connectivity index (χ2v) is 6.05. The molecule has 1 amide bonds. The fraction of sp³-hybridized carbons (Fsp3) is 0.417. The molecule has 0 radical (unpaired) electrons. The van der Waals surface area contributed by atoms with Gasteiger partial charge in [0.15, 0.2) is 0 Å². The fourth-order valence-corrected chi connectivity index (χ4v) is 2.95. The summed E-state index contributed by atoms with van der Waals surface area (Å²) in [7, 11) is -3.78. The average Bonchev–Trinajstić information content (AvgIpc) is 2.80. The van der Waals surface area contributed by atoms with Crippen LogP contribution in [0.25, 0.3) is 0 Å². The number of carbonyl (C=O) groups is 1. The van der Waals surface area contributed by atoms with Crippen molar-refractivity contribution in [2.75, 3.05) is 13.1 Å². The number of nitrogens with zero attached hydrogens (tertiary/aromatic N) is 1. The van der Waals surface area contributed by atoms with Crippen LogP contribution in [0.3, 0.4) is 0 Å². The largest absolute Gasteiger partial charge is 0.339 e. The van der Waals surface area contributed by atoms with E-state index in [2.05, 4.69) is 0 Å². The van der Waals surface area contributed by atoms with Gasteiger partial charge in [0.25, 0.3) is 5.91 Å². The summed E-state index contributed by atoms with van der Waals surface area (Å²) in [5, 5.41) is 5.13. The Morgan fingerprint density at radius 3 is 2.44 bits per heavy atom. The lowest BCUT2D eigenvalue weighted by atomic mass is 10.1. The first-order valence-electron chi connectivity index (χ1n) is 5.82. The Hall–Kier alpha value is -1.40. The third kappa shape index (κ3) is 2.54. The Labute approximate surface area is 107 Å². The molecule has 0 atom stereocenters. The summed E-state index contributed by atoms with van der Waals surface area (Å²) in [4.78, 5) is 13.9. The molecule has 0 aromatic heterocycles. The van der Waals surface area contributed by atoms with Gasteiger partial charge in [-0.15, -0.1) is 0 Å². The molecule has 1 aliphatic rings. The minimum atomic E-state index is -3.78. The maximum Gasteiger partial charge on any atom is 0.253 e. The molecule has 5 nitrogen and oxygen atoms in total. The van der Waals surface area contributed by atoms with Crippen LogP contribution in [0, 0.1) is 6.92 Å². The lowest BCUT2D eigenvalue weighted by Crippen LogP contribution is -2.28. The molecule has 2 rings (SSSR count). The van der Waals surface area contributed by atoms with Gasteiger partial charge in [-0.1, -0.05) is 6.07 Å². The Bertz CT molecular complexity index is 575. The monoisotopic (exact) mass is 268 g/mol. The molecule has 6 heteroatoms. The number of benzene rings is 1. The van der Waals surface area contributed by atoms with Crippen molar-refractivity contribution in [3.8, 4) is 0 Å². The van der Waals surface area contributed by atoms with Crippen molar-refractivity contribution in [2.24, 2.45) is 5.14 Å². The van der Waals surface area contributed by atoms with Crippen molar-refractivity contribution in [2.45, 2.75) is 24.7 Å². The average molecular weight is 268 g/mol. The number of likely N-dealkylation sites (tertiary alicyclic amines) is 1. The molecule has 1 heterocycles. The highest BCUT2D eigenvalue weighted by atomic mass is 32.2. The summed E-state index contributed by atoms with van der Waals surface area (Å²) < 4.78 is 22.8. The van der Waals surface area contributed by atoms with E-state index in [0.29, 0.717) is 11.1 Å². The molecule has 0 aliphatic carbocycles. The quantitative estimate of drug-likeness (QED) is 0.864. The maximum atomic E-state index is 12.1. The van der Waals surface area contributed by atoms with Gasteiger partial charge in [-0.05, 0) is 37.5 Å². The number of rotatable bonds is 2. The van der Waals surface area contributed by atoms with Crippen LogP contribution in [0.4, 0.5) is 0 Å². The molecule has 1 aromatic rings. The van der Waals surface area contributed by atoms with Crippen molar-refractivity contribution in [3.05, 3.63) is 29.3 Å². The van der Waals surface area contributed by atoms with Crippen LogP contribution in [0.15, 0.2) is 23.1 Å². The zero-order chi connectivity index (χ0) is 13.3. The SMILES string of the molecule is Cc1ccc(C(=O)N2CCCC2)cc1S(N)(=O)=O. The zero-order valence-electron chi connectivity index (χ0n) is 10.2. The van der Waals surface area contributed by atoms with Gasteiger partial charge in [-0.25, -0.2) is 13.6 Å². The van der Waals surface area contributed by atoms with E-state index in [9.17, 15) is 13.2 Å². The second-order valence-electron chi connectivity index (χ2n) is 4.52. The molecule has 18 heavy (non-hydrogen) atoms. The van der Waals surface area contributed by atoms with Crippen LogP contribution in [-0.4, -0.2) is 32.3 Å². The molecule has 1 aliphatic heterocycles. The number of aryl methyl sites for hydroxylation is 1. The van der Waals surface area contributed by atoms with Gasteiger partial charge in [-0.3, -0.25) is 4.79 Å². The third-order valence-corrected chi connectivity index (χ3v) is 4.19. The van der Waals surface area contributed by atoms with Gasteiger partial charge in [-0.2, -0.15) is 0 Å². The van der Waals surface area contributed by atoms with E-state index < -0.39 is 10.0 Å². The van der Waals surface area contributed by atoms with Crippen LogP contribution in [-0.2, 0) is 10.0 Å². The second kappa shape index (κ2) is 4.70. The van der Waals surface area contributed by atoms with Crippen LogP contribution in [0.5, 0.6) is 0 Å². The number of amides is 1. The molecule has 1 aromatic carbocycles. The van der Waals surface area contributed by atoms with E-state index in [1.165, 1.54) is 6.07 Å². The first-order chi connectivity index (χ1) is 8.39. The van der Waals surface area contributed by atoms with Gasteiger partial charge in [0.2, 0.25) is 10.0 Å².